The van der Waals surface area contributed by atoms with Crippen molar-refractivity contribution in [1.82, 2.24) is 49.2 Å². The number of likely N-dealkylation sites (N-methyl/N-ethyl adjacent to an activating group) is 2. The number of likely N-dealkylation sites (tertiary alicyclic amines) is 1. The Morgan fingerprint density at radius 3 is 2.18 bits per heavy atom. The van der Waals surface area contributed by atoms with Crippen molar-refractivity contribution < 1.29 is 5.11 Å². The number of aliphatic hydroxyl groups excluding tert-OH is 1. The molecule has 13 heteroatoms. The third kappa shape index (κ3) is 7.20. The fourth-order valence-corrected chi connectivity index (χ4v) is 11.3. The molecule has 6 atom stereocenters. The number of piperidine rings is 2. The van der Waals surface area contributed by atoms with Crippen LogP contribution in [0.3, 0.4) is 0 Å². The van der Waals surface area contributed by atoms with E-state index in [-0.39, 0.29) is 36.8 Å². The van der Waals surface area contributed by atoms with Gasteiger partial charge in [0.2, 0.25) is 0 Å². The van der Waals surface area contributed by atoms with E-state index in [0.717, 1.165) is 119 Å². The predicted molar refractivity (Wildman–Crippen MR) is 241 cm³/mol. The number of fused-ring (bicyclic) bond motifs is 2. The Bertz CT molecular complexity index is 2320. The van der Waals surface area contributed by atoms with Gasteiger partial charge in [0.05, 0.1) is 59.1 Å². The first-order valence-electron chi connectivity index (χ1n) is 22.9. The number of rotatable bonds is 8. The van der Waals surface area contributed by atoms with E-state index in [1.54, 1.807) is 0 Å². The summed E-state index contributed by atoms with van der Waals surface area (Å²) in [5.74, 6) is 3.36. The number of piperazine rings is 2. The Kier molecular flexibility index (Phi) is 10.9. The van der Waals surface area contributed by atoms with Crippen LogP contribution < -0.4 is 10.2 Å². The van der Waals surface area contributed by atoms with Crippen molar-refractivity contribution in [1.29, 1.82) is 0 Å². The molecule has 2 N–H and O–H groups in total. The van der Waals surface area contributed by atoms with E-state index in [2.05, 4.69) is 123 Å². The highest BCUT2D eigenvalue weighted by molar-refractivity contribution is 6.02. The second-order valence-corrected chi connectivity index (χ2v) is 18.7. The smallest absolute Gasteiger partial charge is 0.154 e. The molecular weight excluding hydrogens is 761 g/mol. The Morgan fingerprint density at radius 1 is 0.754 bits per heavy atom. The lowest BCUT2D eigenvalue weighted by Crippen LogP contribution is -2.63. The molecule has 322 valence electrons. The largest absolute Gasteiger partial charge is 0.394 e. The van der Waals surface area contributed by atoms with Crippen LogP contribution >= 0.6 is 0 Å². The van der Waals surface area contributed by atoms with Crippen molar-refractivity contribution in [3.8, 4) is 0 Å². The zero-order valence-corrected chi connectivity index (χ0v) is 36.8. The van der Waals surface area contributed by atoms with Gasteiger partial charge in [-0.25, -0.2) is 4.98 Å². The Labute approximate surface area is 361 Å². The highest BCUT2D eigenvalue weighted by atomic mass is 16.3. The number of nitrogens with one attached hydrogen (secondary N) is 1. The highest BCUT2D eigenvalue weighted by Gasteiger charge is 2.55. The molecule has 6 aliphatic heterocycles. The number of aryl methyl sites for hydroxylation is 2. The molecule has 0 spiro atoms. The maximum Gasteiger partial charge on any atom is 0.154 e. The van der Waals surface area contributed by atoms with Crippen molar-refractivity contribution in [2.45, 2.75) is 95.0 Å². The normalized spacial score (nSPS) is 29.1. The molecule has 4 fully saturated rings. The van der Waals surface area contributed by atoms with Gasteiger partial charge in [-0.3, -0.25) is 24.3 Å². The van der Waals surface area contributed by atoms with Gasteiger partial charge in [-0.1, -0.05) is 18.2 Å². The van der Waals surface area contributed by atoms with Crippen LogP contribution in [0.4, 0.5) is 5.82 Å². The van der Waals surface area contributed by atoms with Gasteiger partial charge in [0.15, 0.2) is 5.84 Å². The van der Waals surface area contributed by atoms with Crippen molar-refractivity contribution in [2.24, 2.45) is 4.99 Å². The number of aliphatic imine (C=N–C) groups is 1. The Hall–Kier alpha value is -4.82. The first-order chi connectivity index (χ1) is 29.7. The average Bonchev–Trinajstić information content (AvgIpc) is 3.87. The number of pyridine rings is 3. The van der Waals surface area contributed by atoms with Gasteiger partial charge in [-0.05, 0) is 121 Å². The zero-order chi connectivity index (χ0) is 41.8. The van der Waals surface area contributed by atoms with E-state index in [9.17, 15) is 5.11 Å². The van der Waals surface area contributed by atoms with E-state index in [0.29, 0.717) is 0 Å². The number of imidazole rings is 1. The topological polar surface area (TPSA) is 107 Å². The molecule has 4 aromatic rings. The molecule has 0 bridgehead atoms. The van der Waals surface area contributed by atoms with Crippen molar-refractivity contribution >= 4 is 17.3 Å². The maximum absolute atomic E-state index is 11.6. The number of nitrogens with zero attached hydrogens (tertiary/aromatic N) is 11. The molecule has 13 nitrogen and oxygen atoms in total. The molecule has 4 saturated heterocycles. The van der Waals surface area contributed by atoms with Crippen LogP contribution in [-0.2, 0) is 0 Å². The van der Waals surface area contributed by atoms with Gasteiger partial charge < -0.3 is 34.9 Å². The molecular formula is C48H64N12O. The number of aromatic nitrogens is 4. The van der Waals surface area contributed by atoms with E-state index < -0.39 is 5.54 Å². The summed E-state index contributed by atoms with van der Waals surface area (Å²) in [4.78, 5) is 35.6. The molecule has 10 rings (SSSR count). The quantitative estimate of drug-likeness (QED) is 0.237. The van der Waals surface area contributed by atoms with Crippen LogP contribution in [0.2, 0.25) is 0 Å². The summed E-state index contributed by atoms with van der Waals surface area (Å²) in [6.07, 6.45) is 17.3. The third-order valence-electron chi connectivity index (χ3n) is 14.9. The lowest BCUT2D eigenvalue weighted by atomic mass is 9.80. The second kappa shape index (κ2) is 16.5. The molecule has 10 heterocycles. The van der Waals surface area contributed by atoms with E-state index in [1.165, 1.54) is 28.5 Å². The number of anilines is 1. The maximum atomic E-state index is 11.6. The van der Waals surface area contributed by atoms with Gasteiger partial charge >= 0.3 is 0 Å². The van der Waals surface area contributed by atoms with Crippen LogP contribution in [0.5, 0.6) is 0 Å². The molecule has 4 aromatic heterocycles. The molecule has 0 aliphatic carbocycles. The van der Waals surface area contributed by atoms with Gasteiger partial charge in [-0.15, -0.1) is 0 Å². The number of hydrogen-bond acceptors (Lipinski definition) is 12. The van der Waals surface area contributed by atoms with Crippen LogP contribution in [0.25, 0.3) is 5.65 Å². The molecule has 0 radical (unpaired) electrons. The van der Waals surface area contributed by atoms with Gasteiger partial charge in [0.1, 0.15) is 17.3 Å². The standard InChI is InChI=1S/C48H64N12O/c1-33-11-9-21-49-44(33)36-14-6-13-35(51-36)37-31-59-41(52-37)17-8-18-42(59)57-29-27-56(28-30-57)40-19-20-43(58-25-23-54(4)24-26-58)60-47(40)53-46(48(60,3)32-61)39-16-7-15-38(55(39)5)45-34(2)12-10-22-50-45/h8-12,17-22,31,35-36,38-39,46,51,61H,6-7,13-16,23-30,32H2,1-5H3/t35-,36+,38+,39-,46?,48?/m1/s1. The predicted octanol–water partition coefficient (Wildman–Crippen LogP) is 5.46. The summed E-state index contributed by atoms with van der Waals surface area (Å²) < 4.78 is 2.30. The van der Waals surface area contributed by atoms with E-state index >= 15 is 0 Å². The molecule has 0 amide bonds. The SMILES string of the molecule is Cc1cccnc1[C@@H]1CCC[C@H](c2cn3c(N4CCN(C5=CC=C(N6CCN(C)CC6)N6C5=NC([C@H]5CCC[C@@H](c7ncccc7C)N5C)C6(C)CO)CC4)cccc3n2)N1. The molecule has 61 heavy (non-hydrogen) atoms. The summed E-state index contributed by atoms with van der Waals surface area (Å²) >= 11 is 0. The number of allylic oxidation sites excluding steroid dienone is 2. The van der Waals surface area contributed by atoms with Gasteiger partial charge in [0.25, 0.3) is 0 Å². The van der Waals surface area contributed by atoms with E-state index in [4.69, 9.17) is 19.9 Å². The van der Waals surface area contributed by atoms with Gasteiger partial charge in [0, 0.05) is 77.0 Å². The fourth-order valence-electron chi connectivity index (χ4n) is 11.3. The first kappa shape index (κ1) is 40.3. The summed E-state index contributed by atoms with van der Waals surface area (Å²) in [6.45, 7) is 14.0. The fraction of sp³-hybridized carbons (Fsp3) is 0.542. The van der Waals surface area contributed by atoms with Gasteiger partial charge in [-0.2, -0.15) is 0 Å². The number of aliphatic hydroxyl groups is 1. The second-order valence-electron chi connectivity index (χ2n) is 18.7. The van der Waals surface area contributed by atoms with Crippen LogP contribution in [0.15, 0.2) is 89.7 Å². The minimum Gasteiger partial charge on any atom is -0.394 e. The highest BCUT2D eigenvalue weighted by Crippen LogP contribution is 2.45. The summed E-state index contributed by atoms with van der Waals surface area (Å²) in [7, 11) is 4.47. The molecule has 0 aromatic carbocycles. The minimum atomic E-state index is -0.607. The zero-order valence-electron chi connectivity index (χ0n) is 36.8. The van der Waals surface area contributed by atoms with E-state index in [1.807, 2.05) is 24.5 Å². The lowest BCUT2D eigenvalue weighted by molar-refractivity contribution is 0.0209. The lowest BCUT2D eigenvalue weighted by Gasteiger charge is -2.50. The third-order valence-corrected chi connectivity index (χ3v) is 14.9. The summed E-state index contributed by atoms with van der Waals surface area (Å²) in [5, 5.41) is 15.5. The molecule has 0 saturated carbocycles. The minimum absolute atomic E-state index is 0.0190. The molecule has 2 unspecified atom stereocenters. The Balaban J connectivity index is 0.914. The first-order valence-corrected chi connectivity index (χ1v) is 22.9. The molecule has 6 aliphatic rings. The average molecular weight is 825 g/mol. The van der Waals surface area contributed by atoms with Crippen LogP contribution in [0.1, 0.15) is 91.8 Å². The Morgan fingerprint density at radius 2 is 1.44 bits per heavy atom. The summed E-state index contributed by atoms with van der Waals surface area (Å²) in [5.41, 5.74) is 7.45. The van der Waals surface area contributed by atoms with Crippen LogP contribution in [0, 0.1) is 13.8 Å². The number of amidine groups is 1. The monoisotopic (exact) mass is 825 g/mol. The van der Waals surface area contributed by atoms with Crippen molar-refractivity contribution in [3.63, 3.8) is 0 Å². The number of hydrogen-bond donors (Lipinski definition) is 2. The summed E-state index contributed by atoms with van der Waals surface area (Å²) in [6, 6.07) is 15.6. The van der Waals surface area contributed by atoms with Crippen molar-refractivity contribution in [3.05, 3.63) is 113 Å². The van der Waals surface area contributed by atoms with Crippen LogP contribution in [-0.4, -0.2) is 145 Å². The van der Waals surface area contributed by atoms with Crippen molar-refractivity contribution in [2.75, 3.05) is 78.0 Å².